The molecule has 1 heterocycles. The van der Waals surface area contributed by atoms with Crippen molar-refractivity contribution in [2.24, 2.45) is 7.05 Å². The SMILES string of the molecule is Cn1nc(-c2ccccc2)cc1CCC(=O)O. The van der Waals surface area contributed by atoms with Crippen LogP contribution in [0.1, 0.15) is 12.1 Å². The third kappa shape index (κ3) is 2.72. The number of carboxylic acids is 1. The minimum absolute atomic E-state index is 0.133. The summed E-state index contributed by atoms with van der Waals surface area (Å²) < 4.78 is 1.74. The Balaban J connectivity index is 2.22. The van der Waals surface area contributed by atoms with Crippen LogP contribution in [0.5, 0.6) is 0 Å². The molecule has 0 aliphatic carbocycles. The summed E-state index contributed by atoms with van der Waals surface area (Å²) in [5, 5.41) is 13.0. The van der Waals surface area contributed by atoms with E-state index in [1.54, 1.807) is 4.68 Å². The molecule has 1 aromatic heterocycles. The van der Waals surface area contributed by atoms with Gasteiger partial charge >= 0.3 is 5.97 Å². The van der Waals surface area contributed by atoms with E-state index in [0.29, 0.717) is 6.42 Å². The summed E-state index contributed by atoms with van der Waals surface area (Å²) in [6.45, 7) is 0. The van der Waals surface area contributed by atoms with Gasteiger partial charge in [-0.25, -0.2) is 0 Å². The molecule has 0 spiro atoms. The Kier molecular flexibility index (Phi) is 3.23. The molecule has 17 heavy (non-hydrogen) atoms. The molecule has 4 nitrogen and oxygen atoms in total. The number of benzene rings is 1. The highest BCUT2D eigenvalue weighted by molar-refractivity contribution is 5.67. The molecule has 0 aliphatic heterocycles. The van der Waals surface area contributed by atoms with Crippen molar-refractivity contribution in [3.8, 4) is 11.3 Å². The lowest BCUT2D eigenvalue weighted by Gasteiger charge is -1.97. The maximum absolute atomic E-state index is 10.5. The molecular formula is C13H14N2O2. The molecule has 1 N–H and O–H groups in total. The van der Waals surface area contributed by atoms with E-state index in [4.69, 9.17) is 5.11 Å². The van der Waals surface area contributed by atoms with E-state index in [1.165, 1.54) is 0 Å². The number of nitrogens with zero attached hydrogens (tertiary/aromatic N) is 2. The van der Waals surface area contributed by atoms with Crippen LogP contribution < -0.4 is 0 Å². The van der Waals surface area contributed by atoms with E-state index in [2.05, 4.69) is 5.10 Å². The summed E-state index contributed by atoms with van der Waals surface area (Å²) in [5.41, 5.74) is 2.87. The topological polar surface area (TPSA) is 55.1 Å². The fraction of sp³-hybridized carbons (Fsp3) is 0.231. The first-order valence-corrected chi connectivity index (χ1v) is 5.47. The summed E-state index contributed by atoms with van der Waals surface area (Å²) in [4.78, 5) is 10.5. The van der Waals surface area contributed by atoms with Crippen LogP contribution in [-0.4, -0.2) is 20.9 Å². The molecule has 1 aromatic carbocycles. The lowest BCUT2D eigenvalue weighted by atomic mass is 10.1. The fourth-order valence-corrected chi connectivity index (χ4v) is 1.72. The zero-order chi connectivity index (χ0) is 12.3. The number of hydrogen-bond acceptors (Lipinski definition) is 2. The van der Waals surface area contributed by atoms with Gasteiger partial charge in [0.2, 0.25) is 0 Å². The number of rotatable bonds is 4. The van der Waals surface area contributed by atoms with E-state index >= 15 is 0 Å². The van der Waals surface area contributed by atoms with Gasteiger partial charge < -0.3 is 5.11 Å². The lowest BCUT2D eigenvalue weighted by molar-refractivity contribution is -0.136. The lowest BCUT2D eigenvalue weighted by Crippen LogP contribution is -2.02. The first-order valence-electron chi connectivity index (χ1n) is 5.47. The van der Waals surface area contributed by atoms with E-state index in [1.807, 2.05) is 43.4 Å². The van der Waals surface area contributed by atoms with E-state index < -0.39 is 5.97 Å². The number of aromatic nitrogens is 2. The van der Waals surface area contributed by atoms with Gasteiger partial charge in [-0.3, -0.25) is 9.48 Å². The second-order valence-electron chi connectivity index (χ2n) is 3.90. The number of hydrogen-bond donors (Lipinski definition) is 1. The zero-order valence-electron chi connectivity index (χ0n) is 9.63. The maximum Gasteiger partial charge on any atom is 0.303 e. The Morgan fingerprint density at radius 2 is 2.06 bits per heavy atom. The monoisotopic (exact) mass is 230 g/mol. The van der Waals surface area contributed by atoms with Crippen LogP contribution in [0.25, 0.3) is 11.3 Å². The molecule has 0 aliphatic rings. The fourth-order valence-electron chi connectivity index (χ4n) is 1.72. The Morgan fingerprint density at radius 3 is 2.71 bits per heavy atom. The second-order valence-corrected chi connectivity index (χ2v) is 3.90. The molecule has 0 amide bonds. The van der Waals surface area contributed by atoms with Gasteiger partial charge in [0.1, 0.15) is 0 Å². The average Bonchev–Trinajstić information content (AvgIpc) is 2.69. The first-order chi connectivity index (χ1) is 8.16. The van der Waals surface area contributed by atoms with Crippen molar-refractivity contribution in [2.45, 2.75) is 12.8 Å². The van der Waals surface area contributed by atoms with Gasteiger partial charge in [-0.05, 0) is 12.5 Å². The van der Waals surface area contributed by atoms with Gasteiger partial charge in [0.05, 0.1) is 12.1 Å². The van der Waals surface area contributed by atoms with E-state index in [0.717, 1.165) is 17.0 Å². The van der Waals surface area contributed by atoms with Crippen molar-refractivity contribution < 1.29 is 9.90 Å². The molecule has 2 aromatic rings. The van der Waals surface area contributed by atoms with Crippen LogP contribution >= 0.6 is 0 Å². The van der Waals surface area contributed by atoms with Crippen molar-refractivity contribution in [3.63, 3.8) is 0 Å². The van der Waals surface area contributed by atoms with Crippen LogP contribution in [-0.2, 0) is 18.3 Å². The minimum atomic E-state index is -0.785. The molecule has 0 bridgehead atoms. The summed E-state index contributed by atoms with van der Waals surface area (Å²) >= 11 is 0. The Labute approximate surface area is 99.5 Å². The smallest absolute Gasteiger partial charge is 0.303 e. The molecule has 0 saturated heterocycles. The highest BCUT2D eigenvalue weighted by atomic mass is 16.4. The molecule has 0 fully saturated rings. The molecular weight excluding hydrogens is 216 g/mol. The Morgan fingerprint density at radius 1 is 1.35 bits per heavy atom. The molecule has 0 atom stereocenters. The highest BCUT2D eigenvalue weighted by Crippen LogP contribution is 2.18. The largest absolute Gasteiger partial charge is 0.481 e. The number of aliphatic carboxylic acids is 1. The van der Waals surface area contributed by atoms with Crippen LogP contribution in [0.15, 0.2) is 36.4 Å². The maximum atomic E-state index is 10.5. The van der Waals surface area contributed by atoms with Gasteiger partial charge in [-0.1, -0.05) is 30.3 Å². The highest BCUT2D eigenvalue weighted by Gasteiger charge is 2.08. The molecule has 2 rings (SSSR count). The standard InChI is InChI=1S/C13H14N2O2/c1-15-11(7-8-13(16)17)9-12(14-15)10-5-3-2-4-6-10/h2-6,9H,7-8H2,1H3,(H,16,17). The Bertz CT molecular complexity index is 517. The predicted molar refractivity (Wildman–Crippen MR) is 64.6 cm³/mol. The van der Waals surface area contributed by atoms with Gasteiger partial charge in [0.15, 0.2) is 0 Å². The second kappa shape index (κ2) is 4.82. The molecule has 88 valence electrons. The molecule has 0 radical (unpaired) electrons. The van der Waals surface area contributed by atoms with Crippen molar-refractivity contribution >= 4 is 5.97 Å². The number of carboxylic acid groups (broad SMARTS) is 1. The van der Waals surface area contributed by atoms with Crippen LogP contribution in [0.4, 0.5) is 0 Å². The number of carbonyl (C=O) groups is 1. The van der Waals surface area contributed by atoms with Crippen LogP contribution in [0, 0.1) is 0 Å². The summed E-state index contributed by atoms with van der Waals surface area (Å²) in [5.74, 6) is -0.785. The van der Waals surface area contributed by atoms with Crippen molar-refractivity contribution in [1.82, 2.24) is 9.78 Å². The van der Waals surface area contributed by atoms with Gasteiger partial charge in [0.25, 0.3) is 0 Å². The van der Waals surface area contributed by atoms with Gasteiger partial charge in [0, 0.05) is 18.3 Å². The van der Waals surface area contributed by atoms with Gasteiger partial charge in [-0.15, -0.1) is 0 Å². The quantitative estimate of drug-likeness (QED) is 0.875. The number of aryl methyl sites for hydroxylation is 2. The normalized spacial score (nSPS) is 10.4. The summed E-state index contributed by atoms with van der Waals surface area (Å²) in [6.07, 6.45) is 0.638. The summed E-state index contributed by atoms with van der Waals surface area (Å²) in [7, 11) is 1.84. The van der Waals surface area contributed by atoms with E-state index in [9.17, 15) is 4.79 Å². The van der Waals surface area contributed by atoms with Crippen molar-refractivity contribution in [3.05, 3.63) is 42.1 Å². The van der Waals surface area contributed by atoms with E-state index in [-0.39, 0.29) is 6.42 Å². The van der Waals surface area contributed by atoms with Gasteiger partial charge in [-0.2, -0.15) is 5.10 Å². The van der Waals surface area contributed by atoms with Crippen LogP contribution in [0.2, 0.25) is 0 Å². The van der Waals surface area contributed by atoms with Crippen molar-refractivity contribution in [2.75, 3.05) is 0 Å². The zero-order valence-corrected chi connectivity index (χ0v) is 9.63. The first kappa shape index (κ1) is 11.4. The minimum Gasteiger partial charge on any atom is -0.481 e. The molecule has 4 heteroatoms. The van der Waals surface area contributed by atoms with Crippen LogP contribution in [0.3, 0.4) is 0 Å². The third-order valence-corrected chi connectivity index (χ3v) is 2.64. The summed E-state index contributed by atoms with van der Waals surface area (Å²) in [6, 6.07) is 11.8. The molecule has 0 saturated carbocycles. The third-order valence-electron chi connectivity index (χ3n) is 2.64. The van der Waals surface area contributed by atoms with Crippen molar-refractivity contribution in [1.29, 1.82) is 0 Å². The molecule has 0 unspecified atom stereocenters. The Hall–Kier alpha value is -2.10. The average molecular weight is 230 g/mol. The predicted octanol–water partition coefficient (Wildman–Crippen LogP) is 2.10.